The van der Waals surface area contributed by atoms with E-state index in [0.717, 1.165) is 25.8 Å². The Morgan fingerprint density at radius 1 is 1.24 bits per heavy atom. The number of hydrogen-bond donors (Lipinski definition) is 1. The molecule has 0 atom stereocenters. The molecule has 0 aliphatic heterocycles. The predicted molar refractivity (Wildman–Crippen MR) is 69.9 cm³/mol. The zero-order chi connectivity index (χ0) is 12.9. The number of nitrogens with one attached hydrogen (secondary N) is 1. The Morgan fingerprint density at radius 2 is 1.82 bits per heavy atom. The minimum Gasteiger partial charge on any atom is -0.469 e. The summed E-state index contributed by atoms with van der Waals surface area (Å²) in [6.07, 6.45) is 6.14. The van der Waals surface area contributed by atoms with Gasteiger partial charge in [-0.05, 0) is 44.1 Å². The van der Waals surface area contributed by atoms with Gasteiger partial charge in [0.05, 0.1) is 13.5 Å². The average molecular weight is 241 g/mol. The van der Waals surface area contributed by atoms with Crippen molar-refractivity contribution in [1.82, 2.24) is 5.32 Å². The van der Waals surface area contributed by atoms with Crippen LogP contribution in [0, 0.1) is 5.41 Å². The molecule has 3 nitrogen and oxygen atoms in total. The zero-order valence-corrected chi connectivity index (χ0v) is 11.8. The maximum absolute atomic E-state index is 11.5. The molecular formula is C14H27NO2. The van der Waals surface area contributed by atoms with Crippen molar-refractivity contribution in [2.24, 2.45) is 5.41 Å². The maximum atomic E-state index is 11.5. The van der Waals surface area contributed by atoms with E-state index in [1.807, 2.05) is 0 Å². The second kappa shape index (κ2) is 5.85. The largest absolute Gasteiger partial charge is 0.469 e. The molecule has 0 amide bonds. The van der Waals surface area contributed by atoms with Gasteiger partial charge in [-0.25, -0.2) is 0 Å². The van der Waals surface area contributed by atoms with Gasteiger partial charge in [0, 0.05) is 5.54 Å². The Labute approximate surface area is 105 Å². The second-order valence-electron chi connectivity index (χ2n) is 6.12. The summed E-state index contributed by atoms with van der Waals surface area (Å²) in [6, 6.07) is 0. The standard InChI is InChI=1S/C14H27NO2/c1-5-10-15-14(11-12(16)17-4)8-6-13(2,3)7-9-14/h15H,5-11H2,1-4H3. The highest BCUT2D eigenvalue weighted by molar-refractivity contribution is 5.70. The molecule has 3 heteroatoms. The van der Waals surface area contributed by atoms with E-state index >= 15 is 0 Å². The Balaban J connectivity index is 2.64. The average Bonchev–Trinajstić information content (AvgIpc) is 2.30. The number of methoxy groups -OCH3 is 1. The molecule has 1 rings (SSSR count). The molecule has 0 heterocycles. The Morgan fingerprint density at radius 3 is 2.29 bits per heavy atom. The van der Waals surface area contributed by atoms with Gasteiger partial charge in [-0.15, -0.1) is 0 Å². The van der Waals surface area contributed by atoms with E-state index < -0.39 is 0 Å². The molecular weight excluding hydrogens is 214 g/mol. The number of carbonyl (C=O) groups is 1. The number of esters is 1. The first-order valence-corrected chi connectivity index (χ1v) is 6.75. The Kier molecular flexibility index (Phi) is 4.99. The molecule has 0 aromatic heterocycles. The SMILES string of the molecule is CCCNC1(CC(=O)OC)CCC(C)(C)CC1. The quantitative estimate of drug-likeness (QED) is 0.752. The molecule has 1 aliphatic carbocycles. The molecule has 100 valence electrons. The van der Waals surface area contributed by atoms with Gasteiger partial charge < -0.3 is 10.1 Å². The van der Waals surface area contributed by atoms with Gasteiger partial charge in [0.25, 0.3) is 0 Å². The van der Waals surface area contributed by atoms with Crippen LogP contribution in [0.1, 0.15) is 59.3 Å². The van der Waals surface area contributed by atoms with Crippen molar-refractivity contribution in [3.63, 3.8) is 0 Å². The first kappa shape index (κ1) is 14.5. The van der Waals surface area contributed by atoms with Crippen LogP contribution in [0.4, 0.5) is 0 Å². The summed E-state index contributed by atoms with van der Waals surface area (Å²) in [5.41, 5.74) is 0.409. The van der Waals surface area contributed by atoms with E-state index in [9.17, 15) is 4.79 Å². The monoisotopic (exact) mass is 241 g/mol. The minimum absolute atomic E-state index is 0.0153. The number of hydrogen-bond acceptors (Lipinski definition) is 3. The van der Waals surface area contributed by atoms with Crippen molar-refractivity contribution < 1.29 is 9.53 Å². The van der Waals surface area contributed by atoms with Gasteiger partial charge in [0.15, 0.2) is 0 Å². The fourth-order valence-corrected chi connectivity index (χ4v) is 2.56. The highest BCUT2D eigenvalue weighted by atomic mass is 16.5. The Bertz CT molecular complexity index is 251. The van der Waals surface area contributed by atoms with Crippen LogP contribution >= 0.6 is 0 Å². The van der Waals surface area contributed by atoms with Crippen molar-refractivity contribution in [1.29, 1.82) is 0 Å². The first-order valence-electron chi connectivity index (χ1n) is 6.75. The highest BCUT2D eigenvalue weighted by Crippen LogP contribution is 2.41. The van der Waals surface area contributed by atoms with Crippen molar-refractivity contribution >= 4 is 5.97 Å². The first-order chi connectivity index (χ1) is 7.93. The molecule has 0 bridgehead atoms. The van der Waals surface area contributed by atoms with Gasteiger partial charge in [-0.2, -0.15) is 0 Å². The topological polar surface area (TPSA) is 38.3 Å². The highest BCUT2D eigenvalue weighted by Gasteiger charge is 2.39. The third-order valence-electron chi connectivity index (χ3n) is 4.02. The minimum atomic E-state index is -0.0895. The third kappa shape index (κ3) is 4.30. The van der Waals surface area contributed by atoms with Crippen LogP contribution in [0.5, 0.6) is 0 Å². The van der Waals surface area contributed by atoms with Crippen LogP contribution in [0.15, 0.2) is 0 Å². The van der Waals surface area contributed by atoms with Crippen molar-refractivity contribution in [2.75, 3.05) is 13.7 Å². The van der Waals surface area contributed by atoms with Crippen molar-refractivity contribution in [2.45, 2.75) is 64.8 Å². The molecule has 0 saturated heterocycles. The third-order valence-corrected chi connectivity index (χ3v) is 4.02. The van der Waals surface area contributed by atoms with Crippen LogP contribution in [-0.2, 0) is 9.53 Å². The fraction of sp³-hybridized carbons (Fsp3) is 0.929. The molecule has 0 unspecified atom stereocenters. The summed E-state index contributed by atoms with van der Waals surface area (Å²) in [6.45, 7) is 7.77. The molecule has 17 heavy (non-hydrogen) atoms. The summed E-state index contributed by atoms with van der Waals surface area (Å²) in [4.78, 5) is 11.5. The van der Waals surface area contributed by atoms with E-state index in [-0.39, 0.29) is 11.5 Å². The van der Waals surface area contributed by atoms with Gasteiger partial charge in [-0.1, -0.05) is 20.8 Å². The van der Waals surface area contributed by atoms with E-state index in [0.29, 0.717) is 11.8 Å². The van der Waals surface area contributed by atoms with E-state index in [4.69, 9.17) is 4.74 Å². The van der Waals surface area contributed by atoms with Crippen LogP contribution in [0.3, 0.4) is 0 Å². The van der Waals surface area contributed by atoms with Crippen LogP contribution in [-0.4, -0.2) is 25.2 Å². The lowest BCUT2D eigenvalue weighted by Gasteiger charge is -2.43. The number of carbonyl (C=O) groups excluding carboxylic acids is 1. The van der Waals surface area contributed by atoms with Crippen LogP contribution < -0.4 is 5.32 Å². The second-order valence-corrected chi connectivity index (χ2v) is 6.12. The van der Waals surface area contributed by atoms with Crippen molar-refractivity contribution in [3.05, 3.63) is 0 Å². The maximum Gasteiger partial charge on any atom is 0.307 e. The zero-order valence-electron chi connectivity index (χ0n) is 11.8. The predicted octanol–water partition coefficient (Wildman–Crippen LogP) is 2.89. The number of ether oxygens (including phenoxy) is 1. The van der Waals surface area contributed by atoms with Crippen LogP contribution in [0.2, 0.25) is 0 Å². The molecule has 1 aliphatic rings. The normalized spacial score (nSPS) is 22.1. The Hall–Kier alpha value is -0.570. The summed E-state index contributed by atoms with van der Waals surface area (Å²) in [7, 11) is 1.47. The van der Waals surface area contributed by atoms with E-state index in [2.05, 4.69) is 26.1 Å². The molecule has 1 fully saturated rings. The van der Waals surface area contributed by atoms with Crippen LogP contribution in [0.25, 0.3) is 0 Å². The van der Waals surface area contributed by atoms with Gasteiger partial charge >= 0.3 is 5.97 Å². The summed E-state index contributed by atoms with van der Waals surface area (Å²) < 4.78 is 4.83. The van der Waals surface area contributed by atoms with Gasteiger partial charge in [0.2, 0.25) is 0 Å². The summed E-state index contributed by atoms with van der Waals surface area (Å²) in [5, 5.41) is 3.59. The van der Waals surface area contributed by atoms with Gasteiger partial charge in [-0.3, -0.25) is 4.79 Å². The number of rotatable bonds is 5. The summed E-state index contributed by atoms with van der Waals surface area (Å²) in [5.74, 6) is -0.0895. The van der Waals surface area contributed by atoms with Gasteiger partial charge in [0.1, 0.15) is 0 Å². The molecule has 0 aromatic carbocycles. The lowest BCUT2D eigenvalue weighted by molar-refractivity contribution is -0.143. The smallest absolute Gasteiger partial charge is 0.307 e. The van der Waals surface area contributed by atoms with E-state index in [1.54, 1.807) is 0 Å². The molecule has 1 N–H and O–H groups in total. The lowest BCUT2D eigenvalue weighted by Crippen LogP contribution is -2.51. The fourth-order valence-electron chi connectivity index (χ4n) is 2.56. The van der Waals surface area contributed by atoms with Crippen molar-refractivity contribution in [3.8, 4) is 0 Å². The molecule has 0 aromatic rings. The lowest BCUT2D eigenvalue weighted by atomic mass is 9.68. The van der Waals surface area contributed by atoms with E-state index in [1.165, 1.54) is 20.0 Å². The molecule has 0 radical (unpaired) electrons. The molecule has 1 saturated carbocycles. The molecule has 0 spiro atoms. The summed E-state index contributed by atoms with van der Waals surface area (Å²) >= 11 is 0.